The molecule has 13 heavy (non-hydrogen) atoms. The van der Waals surface area contributed by atoms with Gasteiger partial charge in [0.1, 0.15) is 5.76 Å². The van der Waals surface area contributed by atoms with Gasteiger partial charge in [-0.05, 0) is 37.1 Å². The Morgan fingerprint density at radius 3 is 2.92 bits per heavy atom. The van der Waals surface area contributed by atoms with Crippen LogP contribution in [-0.2, 0) is 5.75 Å². The molecule has 0 spiro atoms. The first-order valence-corrected chi connectivity index (χ1v) is 6.79. The van der Waals surface area contributed by atoms with E-state index in [-0.39, 0.29) is 0 Å². The Morgan fingerprint density at radius 1 is 1.46 bits per heavy atom. The summed E-state index contributed by atoms with van der Waals surface area (Å²) in [6.45, 7) is 2.10. The minimum Gasteiger partial charge on any atom is -0.468 e. The van der Waals surface area contributed by atoms with Crippen molar-refractivity contribution in [3.05, 3.63) is 23.7 Å². The molecule has 0 aromatic carbocycles. The third kappa shape index (κ3) is 4.23. The van der Waals surface area contributed by atoms with Crippen molar-refractivity contribution in [2.24, 2.45) is 0 Å². The summed E-state index contributed by atoms with van der Waals surface area (Å²) in [7, 11) is 0. The number of halogens is 1. The van der Waals surface area contributed by atoms with Crippen LogP contribution in [-0.4, -0.2) is 11.1 Å². The number of hydrogen-bond acceptors (Lipinski definition) is 2. The molecular weight excluding hydrogens is 248 g/mol. The number of unbranched alkanes of at least 4 members (excludes halogenated alkanes) is 1. The molecule has 0 atom stereocenters. The van der Waals surface area contributed by atoms with E-state index < -0.39 is 0 Å². The Balaban J connectivity index is 2.10. The van der Waals surface area contributed by atoms with Crippen LogP contribution in [0.2, 0.25) is 0 Å². The normalized spacial score (nSPS) is 10.6. The predicted octanol–water partition coefficient (Wildman–Crippen LogP) is 4.00. The van der Waals surface area contributed by atoms with Crippen LogP contribution in [0, 0.1) is 6.92 Å². The van der Waals surface area contributed by atoms with Gasteiger partial charge in [-0.15, -0.1) is 0 Å². The molecule has 0 saturated heterocycles. The Bertz CT molecular complexity index is 235. The average Bonchev–Trinajstić information content (AvgIpc) is 2.52. The van der Waals surface area contributed by atoms with E-state index in [4.69, 9.17) is 4.42 Å². The zero-order valence-corrected chi connectivity index (χ0v) is 10.3. The summed E-state index contributed by atoms with van der Waals surface area (Å²) in [6.07, 6.45) is 4.32. The Morgan fingerprint density at radius 2 is 2.31 bits per heavy atom. The van der Waals surface area contributed by atoms with Crippen LogP contribution in [0.3, 0.4) is 0 Å². The standard InChI is InChI=1S/C10H15BrOS/c1-9-4-6-12-10(9)8-13-7-3-2-5-11/h4,6H,2-3,5,7-8H2,1H3. The molecule has 1 rings (SSSR count). The highest BCUT2D eigenvalue weighted by molar-refractivity contribution is 9.09. The monoisotopic (exact) mass is 262 g/mol. The number of hydrogen-bond donors (Lipinski definition) is 0. The van der Waals surface area contributed by atoms with Crippen LogP contribution >= 0.6 is 27.7 Å². The van der Waals surface area contributed by atoms with Gasteiger partial charge in [0, 0.05) is 5.33 Å². The molecule has 0 saturated carbocycles. The van der Waals surface area contributed by atoms with Crippen molar-refractivity contribution < 1.29 is 4.42 Å². The van der Waals surface area contributed by atoms with E-state index in [0.717, 1.165) is 16.8 Å². The Hall–Kier alpha value is 0.110. The van der Waals surface area contributed by atoms with Gasteiger partial charge in [0.2, 0.25) is 0 Å². The molecule has 0 N–H and O–H groups in total. The van der Waals surface area contributed by atoms with Crippen LogP contribution in [0.15, 0.2) is 16.7 Å². The molecule has 1 aromatic heterocycles. The second-order valence-corrected chi connectivity index (χ2v) is 4.87. The van der Waals surface area contributed by atoms with Gasteiger partial charge < -0.3 is 4.42 Å². The lowest BCUT2D eigenvalue weighted by molar-refractivity contribution is 0.528. The van der Waals surface area contributed by atoms with Gasteiger partial charge in [0.15, 0.2) is 0 Å². The summed E-state index contributed by atoms with van der Waals surface area (Å²) in [5, 5.41) is 1.12. The minimum absolute atomic E-state index is 1.01. The van der Waals surface area contributed by atoms with Gasteiger partial charge in [0.05, 0.1) is 12.0 Å². The number of thioether (sulfide) groups is 1. The summed E-state index contributed by atoms with van der Waals surface area (Å²) >= 11 is 5.37. The van der Waals surface area contributed by atoms with E-state index in [1.807, 2.05) is 17.8 Å². The fraction of sp³-hybridized carbons (Fsp3) is 0.600. The average molecular weight is 263 g/mol. The highest BCUT2D eigenvalue weighted by atomic mass is 79.9. The van der Waals surface area contributed by atoms with Gasteiger partial charge in [-0.2, -0.15) is 11.8 Å². The quantitative estimate of drug-likeness (QED) is 0.568. The van der Waals surface area contributed by atoms with Gasteiger partial charge in [-0.3, -0.25) is 0 Å². The largest absolute Gasteiger partial charge is 0.468 e. The second kappa shape index (κ2) is 6.55. The van der Waals surface area contributed by atoms with Gasteiger partial charge >= 0.3 is 0 Å². The van der Waals surface area contributed by atoms with E-state index in [9.17, 15) is 0 Å². The van der Waals surface area contributed by atoms with E-state index in [1.165, 1.54) is 24.2 Å². The van der Waals surface area contributed by atoms with Crippen molar-refractivity contribution in [1.29, 1.82) is 0 Å². The molecule has 74 valence electrons. The molecule has 3 heteroatoms. The topological polar surface area (TPSA) is 13.1 Å². The Labute approximate surface area is 92.4 Å². The zero-order valence-electron chi connectivity index (χ0n) is 7.88. The molecule has 0 fully saturated rings. The molecule has 0 bridgehead atoms. The van der Waals surface area contributed by atoms with E-state index in [2.05, 4.69) is 22.9 Å². The van der Waals surface area contributed by atoms with Crippen LogP contribution in [0.5, 0.6) is 0 Å². The number of furan rings is 1. The third-order valence-electron chi connectivity index (χ3n) is 1.87. The van der Waals surface area contributed by atoms with Gasteiger partial charge in [-0.25, -0.2) is 0 Å². The number of alkyl halides is 1. The minimum atomic E-state index is 1.01. The first kappa shape index (κ1) is 11.2. The van der Waals surface area contributed by atoms with Crippen LogP contribution < -0.4 is 0 Å². The van der Waals surface area contributed by atoms with Crippen molar-refractivity contribution in [2.75, 3.05) is 11.1 Å². The molecule has 0 amide bonds. The molecule has 1 nitrogen and oxygen atoms in total. The van der Waals surface area contributed by atoms with E-state index in [1.54, 1.807) is 6.26 Å². The van der Waals surface area contributed by atoms with Crippen molar-refractivity contribution in [2.45, 2.75) is 25.5 Å². The molecule has 0 aliphatic rings. The van der Waals surface area contributed by atoms with Gasteiger partial charge in [0.25, 0.3) is 0 Å². The summed E-state index contributed by atoms with van der Waals surface area (Å²) in [4.78, 5) is 0. The van der Waals surface area contributed by atoms with Crippen molar-refractivity contribution in [3.8, 4) is 0 Å². The maximum atomic E-state index is 5.34. The molecule has 0 radical (unpaired) electrons. The van der Waals surface area contributed by atoms with E-state index in [0.29, 0.717) is 0 Å². The lowest BCUT2D eigenvalue weighted by Gasteiger charge is -1.98. The molecule has 1 heterocycles. The lowest BCUT2D eigenvalue weighted by Crippen LogP contribution is -1.84. The number of rotatable bonds is 6. The zero-order chi connectivity index (χ0) is 9.52. The summed E-state index contributed by atoms with van der Waals surface area (Å²) in [6, 6.07) is 2.02. The molecule has 0 aliphatic heterocycles. The van der Waals surface area contributed by atoms with Gasteiger partial charge in [-0.1, -0.05) is 15.9 Å². The van der Waals surface area contributed by atoms with Crippen molar-refractivity contribution >= 4 is 27.7 Å². The molecule has 1 aromatic rings. The highest BCUT2D eigenvalue weighted by Crippen LogP contribution is 2.17. The van der Waals surface area contributed by atoms with Crippen LogP contribution in [0.1, 0.15) is 24.2 Å². The summed E-state index contributed by atoms with van der Waals surface area (Å²) in [5.74, 6) is 3.37. The fourth-order valence-corrected chi connectivity index (χ4v) is 2.45. The third-order valence-corrected chi connectivity index (χ3v) is 3.48. The smallest absolute Gasteiger partial charge is 0.116 e. The SMILES string of the molecule is Cc1ccoc1CSCCCCBr. The number of aryl methyl sites for hydroxylation is 1. The summed E-state index contributed by atoms with van der Waals surface area (Å²) in [5.41, 5.74) is 1.27. The first-order chi connectivity index (χ1) is 6.34. The highest BCUT2D eigenvalue weighted by Gasteiger charge is 2.00. The van der Waals surface area contributed by atoms with E-state index >= 15 is 0 Å². The fourth-order valence-electron chi connectivity index (χ4n) is 1.02. The maximum absolute atomic E-state index is 5.34. The summed E-state index contributed by atoms with van der Waals surface area (Å²) < 4.78 is 5.34. The lowest BCUT2D eigenvalue weighted by atomic mass is 10.3. The predicted molar refractivity (Wildman–Crippen MR) is 62.6 cm³/mol. The second-order valence-electron chi connectivity index (χ2n) is 2.98. The Kier molecular flexibility index (Phi) is 5.63. The van der Waals surface area contributed by atoms with Crippen LogP contribution in [0.4, 0.5) is 0 Å². The molecular formula is C10H15BrOS. The first-order valence-electron chi connectivity index (χ1n) is 4.51. The van der Waals surface area contributed by atoms with Crippen molar-refractivity contribution in [1.82, 2.24) is 0 Å². The van der Waals surface area contributed by atoms with Crippen LogP contribution in [0.25, 0.3) is 0 Å². The maximum Gasteiger partial charge on any atom is 0.116 e. The molecule has 0 unspecified atom stereocenters. The molecule has 0 aliphatic carbocycles. The van der Waals surface area contributed by atoms with Crippen molar-refractivity contribution in [3.63, 3.8) is 0 Å².